The van der Waals surface area contributed by atoms with Gasteiger partial charge in [0.15, 0.2) is 0 Å². The van der Waals surface area contributed by atoms with Crippen molar-refractivity contribution in [2.24, 2.45) is 0 Å². The molecule has 8 heteroatoms. The first-order valence-corrected chi connectivity index (χ1v) is 12.4. The molecule has 2 rings (SSSR count). The maximum absolute atomic E-state index is 11.6. The molecular formula is C27H42N4O4. The molecule has 0 atom stereocenters. The summed E-state index contributed by atoms with van der Waals surface area (Å²) in [6, 6.07) is 7.49. The van der Waals surface area contributed by atoms with Gasteiger partial charge in [-0.15, -0.1) is 0 Å². The van der Waals surface area contributed by atoms with Crippen LogP contribution in [0.1, 0.15) is 69.9 Å². The monoisotopic (exact) mass is 486 g/mol. The van der Waals surface area contributed by atoms with E-state index in [1.165, 1.54) is 0 Å². The van der Waals surface area contributed by atoms with Crippen LogP contribution in [0.25, 0.3) is 0 Å². The minimum absolute atomic E-state index is 0.0101. The quantitative estimate of drug-likeness (QED) is 0.344. The van der Waals surface area contributed by atoms with Crippen molar-refractivity contribution in [1.82, 2.24) is 9.97 Å². The zero-order valence-electron chi connectivity index (χ0n) is 21.9. The number of methoxy groups -OCH3 is 1. The molecule has 0 aromatic carbocycles. The van der Waals surface area contributed by atoms with Crippen LogP contribution in [0, 0.1) is 13.8 Å². The summed E-state index contributed by atoms with van der Waals surface area (Å²) in [5.41, 5.74) is 2.17. The Bertz CT molecular complexity index is 839. The summed E-state index contributed by atoms with van der Waals surface area (Å²) in [6.07, 6.45) is 9.46. The van der Waals surface area contributed by atoms with Crippen LogP contribution in [0.3, 0.4) is 0 Å². The van der Waals surface area contributed by atoms with E-state index in [4.69, 9.17) is 9.47 Å². The van der Waals surface area contributed by atoms with E-state index in [-0.39, 0.29) is 17.9 Å². The average Bonchev–Trinajstić information content (AvgIpc) is 2.82. The third kappa shape index (κ3) is 16.4. The lowest BCUT2D eigenvalue weighted by molar-refractivity contribution is -0.117. The Morgan fingerprint density at radius 1 is 0.771 bits per heavy atom. The maximum atomic E-state index is 11.6. The molecule has 0 radical (unpaired) electrons. The predicted molar refractivity (Wildman–Crippen MR) is 140 cm³/mol. The van der Waals surface area contributed by atoms with Gasteiger partial charge in [-0.1, -0.05) is 18.6 Å². The molecule has 0 aliphatic carbocycles. The average molecular weight is 487 g/mol. The first-order valence-electron chi connectivity index (χ1n) is 12.4. The van der Waals surface area contributed by atoms with Gasteiger partial charge in [-0.3, -0.25) is 9.59 Å². The van der Waals surface area contributed by atoms with Crippen molar-refractivity contribution >= 4 is 23.5 Å². The third-order valence-electron chi connectivity index (χ3n) is 4.86. The normalized spacial score (nSPS) is 10.5. The Hall–Kier alpha value is -2.84. The Balaban J connectivity index is 0.000000351. The summed E-state index contributed by atoms with van der Waals surface area (Å²) in [4.78, 5) is 31.4. The second-order valence-corrected chi connectivity index (χ2v) is 8.72. The number of aromatic nitrogens is 2. The highest BCUT2D eigenvalue weighted by atomic mass is 16.5. The van der Waals surface area contributed by atoms with Crippen LogP contribution >= 0.6 is 0 Å². The molecule has 0 aliphatic heterocycles. The predicted octanol–water partition coefficient (Wildman–Crippen LogP) is 5.46. The first kappa shape index (κ1) is 30.2. The molecule has 0 aliphatic rings. The molecule has 0 bridgehead atoms. The second kappa shape index (κ2) is 18.5. The number of ether oxygens (including phenoxy) is 2. The van der Waals surface area contributed by atoms with E-state index in [1.54, 1.807) is 19.5 Å². The number of aryl methyl sites for hydroxylation is 2. The third-order valence-corrected chi connectivity index (χ3v) is 4.86. The van der Waals surface area contributed by atoms with Gasteiger partial charge >= 0.3 is 0 Å². The van der Waals surface area contributed by atoms with Gasteiger partial charge in [-0.05, 0) is 76.6 Å². The van der Waals surface area contributed by atoms with Crippen molar-refractivity contribution in [3.05, 3.63) is 47.8 Å². The van der Waals surface area contributed by atoms with Crippen molar-refractivity contribution in [3.63, 3.8) is 0 Å². The Labute approximate surface area is 210 Å². The summed E-state index contributed by atoms with van der Waals surface area (Å²) in [6.45, 7) is 9.43. The van der Waals surface area contributed by atoms with Crippen molar-refractivity contribution in [1.29, 1.82) is 0 Å². The molecule has 2 heterocycles. The van der Waals surface area contributed by atoms with Gasteiger partial charge in [-0.2, -0.15) is 0 Å². The fourth-order valence-corrected chi connectivity index (χ4v) is 2.91. The van der Waals surface area contributed by atoms with Crippen molar-refractivity contribution in [2.75, 3.05) is 31.0 Å². The molecule has 0 saturated carbocycles. The van der Waals surface area contributed by atoms with E-state index in [0.29, 0.717) is 31.1 Å². The van der Waals surface area contributed by atoms with Gasteiger partial charge in [0.2, 0.25) is 11.8 Å². The number of hydrogen-bond acceptors (Lipinski definition) is 6. The molecule has 0 saturated heterocycles. The molecule has 8 nitrogen and oxygen atoms in total. The van der Waals surface area contributed by atoms with Gasteiger partial charge < -0.3 is 20.1 Å². The van der Waals surface area contributed by atoms with E-state index in [1.807, 2.05) is 52.0 Å². The first-order chi connectivity index (χ1) is 16.8. The number of carbonyl (C=O) groups excluding carboxylic acids is 2. The topological polar surface area (TPSA) is 102 Å². The van der Waals surface area contributed by atoms with Crippen molar-refractivity contribution in [3.8, 4) is 0 Å². The SMILES string of the molecule is COCCCCCC(=O)Nc1ccc(C)cn1.Cc1ccc(NC(=O)CCCCOC(C)C)nc1. The van der Waals surface area contributed by atoms with Crippen LogP contribution in [-0.2, 0) is 19.1 Å². The lowest BCUT2D eigenvalue weighted by atomic mass is 10.2. The molecule has 0 spiro atoms. The Morgan fingerprint density at radius 2 is 1.26 bits per heavy atom. The van der Waals surface area contributed by atoms with Crippen LogP contribution in [0.2, 0.25) is 0 Å². The number of pyridine rings is 2. The van der Waals surface area contributed by atoms with E-state index in [0.717, 1.165) is 49.8 Å². The summed E-state index contributed by atoms with van der Waals surface area (Å²) >= 11 is 0. The number of nitrogens with zero attached hydrogens (tertiary/aromatic N) is 2. The number of amides is 2. The fourth-order valence-electron chi connectivity index (χ4n) is 2.91. The molecule has 2 N–H and O–H groups in total. The van der Waals surface area contributed by atoms with Crippen LogP contribution in [0.4, 0.5) is 11.6 Å². The van der Waals surface area contributed by atoms with Crippen LogP contribution < -0.4 is 10.6 Å². The van der Waals surface area contributed by atoms with Crippen LogP contribution in [0.5, 0.6) is 0 Å². The fraction of sp³-hybridized carbons (Fsp3) is 0.556. The van der Waals surface area contributed by atoms with Gasteiger partial charge in [0, 0.05) is 45.6 Å². The van der Waals surface area contributed by atoms with Crippen molar-refractivity contribution < 1.29 is 19.1 Å². The smallest absolute Gasteiger partial charge is 0.225 e. The van der Waals surface area contributed by atoms with Crippen LogP contribution in [0.15, 0.2) is 36.7 Å². The van der Waals surface area contributed by atoms with E-state index in [9.17, 15) is 9.59 Å². The largest absolute Gasteiger partial charge is 0.385 e. The number of unbranched alkanes of at least 4 members (excludes halogenated alkanes) is 3. The number of carbonyl (C=O) groups is 2. The van der Waals surface area contributed by atoms with E-state index >= 15 is 0 Å². The molecule has 2 aromatic rings. The number of anilines is 2. The molecule has 2 amide bonds. The van der Waals surface area contributed by atoms with E-state index < -0.39 is 0 Å². The van der Waals surface area contributed by atoms with Gasteiger partial charge in [-0.25, -0.2) is 9.97 Å². The second-order valence-electron chi connectivity index (χ2n) is 8.72. The minimum atomic E-state index is 0.0101. The zero-order chi connectivity index (χ0) is 25.9. The van der Waals surface area contributed by atoms with Crippen LogP contribution in [-0.4, -0.2) is 48.2 Å². The molecular weight excluding hydrogens is 444 g/mol. The lowest BCUT2D eigenvalue weighted by Crippen LogP contribution is -2.12. The van der Waals surface area contributed by atoms with E-state index in [2.05, 4.69) is 20.6 Å². The summed E-state index contributed by atoms with van der Waals surface area (Å²) in [5, 5.41) is 5.56. The van der Waals surface area contributed by atoms with Gasteiger partial charge in [0.05, 0.1) is 6.10 Å². The van der Waals surface area contributed by atoms with Gasteiger partial charge in [0.1, 0.15) is 11.6 Å². The number of hydrogen-bond donors (Lipinski definition) is 2. The lowest BCUT2D eigenvalue weighted by Gasteiger charge is -2.07. The van der Waals surface area contributed by atoms with Gasteiger partial charge in [0.25, 0.3) is 0 Å². The maximum Gasteiger partial charge on any atom is 0.225 e. The number of rotatable bonds is 14. The highest BCUT2D eigenvalue weighted by Crippen LogP contribution is 2.07. The highest BCUT2D eigenvalue weighted by molar-refractivity contribution is 5.90. The Morgan fingerprint density at radius 3 is 1.69 bits per heavy atom. The molecule has 0 fully saturated rings. The zero-order valence-corrected chi connectivity index (χ0v) is 21.9. The summed E-state index contributed by atoms with van der Waals surface area (Å²) in [5.74, 6) is 1.27. The standard InChI is InChI=1S/C14H22N2O2.C13H20N2O2/c1-11(2)18-9-5-4-6-14(17)16-13-8-7-12(3)10-15-13;1-11-7-8-12(14-10-11)15-13(16)6-4-3-5-9-17-2/h7-8,10-11H,4-6,9H2,1-3H3,(H,15,16,17);7-8,10H,3-6,9H2,1-2H3,(H,14,15,16). The minimum Gasteiger partial charge on any atom is -0.385 e. The van der Waals surface area contributed by atoms with Crippen molar-refractivity contribution in [2.45, 2.75) is 78.7 Å². The summed E-state index contributed by atoms with van der Waals surface area (Å²) < 4.78 is 10.4. The molecule has 194 valence electrons. The molecule has 35 heavy (non-hydrogen) atoms. The number of nitrogens with one attached hydrogen (secondary N) is 2. The molecule has 2 aromatic heterocycles. The highest BCUT2D eigenvalue weighted by Gasteiger charge is 2.04. The molecule has 0 unspecified atom stereocenters. The Kier molecular flexibility index (Phi) is 15.9. The summed E-state index contributed by atoms with van der Waals surface area (Å²) in [7, 11) is 1.69.